The molecule has 1 aromatic carbocycles. The molecule has 3 aromatic rings. The molecule has 0 radical (unpaired) electrons. The average Bonchev–Trinajstić information content (AvgIpc) is 3.14. The van der Waals surface area contributed by atoms with Gasteiger partial charge >= 0.3 is 5.97 Å². The van der Waals surface area contributed by atoms with Crippen molar-refractivity contribution in [1.82, 2.24) is 19.6 Å². The lowest BCUT2D eigenvalue weighted by Gasteiger charge is -2.03. The van der Waals surface area contributed by atoms with Crippen LogP contribution in [0, 0.1) is 6.92 Å². The maximum Gasteiger partial charge on any atom is 0.325 e. The molecule has 3 rings (SSSR count). The maximum absolute atomic E-state index is 12.3. The molecule has 0 spiro atoms. The second-order valence-electron chi connectivity index (χ2n) is 5.79. The molecule has 26 heavy (non-hydrogen) atoms. The number of aromatic nitrogens is 4. The van der Waals surface area contributed by atoms with Gasteiger partial charge in [0, 0.05) is 12.4 Å². The van der Waals surface area contributed by atoms with Crippen molar-refractivity contribution in [3.05, 3.63) is 64.6 Å². The highest BCUT2D eigenvalue weighted by Gasteiger charge is 2.15. The number of aliphatic carboxylic acids is 1. The lowest BCUT2D eigenvalue weighted by Crippen LogP contribution is -2.13. The van der Waals surface area contributed by atoms with Gasteiger partial charge in [-0.15, -0.1) is 0 Å². The van der Waals surface area contributed by atoms with E-state index in [1.54, 1.807) is 10.9 Å². The molecular weight excluding hydrogens is 358 g/mol. The van der Waals surface area contributed by atoms with Crippen molar-refractivity contribution in [3.63, 3.8) is 0 Å². The highest BCUT2D eigenvalue weighted by Crippen LogP contribution is 2.21. The van der Waals surface area contributed by atoms with Gasteiger partial charge in [-0.3, -0.25) is 19.0 Å². The normalized spacial score (nSPS) is 10.7. The molecule has 8 nitrogen and oxygen atoms in total. The summed E-state index contributed by atoms with van der Waals surface area (Å²) in [5.74, 6) is -1.28. The van der Waals surface area contributed by atoms with Crippen molar-refractivity contribution in [3.8, 4) is 0 Å². The molecular formula is C17H16ClN5O3. The number of hydrogen-bond acceptors (Lipinski definition) is 4. The number of carboxylic acids is 1. The minimum absolute atomic E-state index is 0.218. The molecule has 2 heterocycles. The number of rotatable bonds is 6. The smallest absolute Gasteiger partial charge is 0.325 e. The van der Waals surface area contributed by atoms with Gasteiger partial charge in [0.1, 0.15) is 11.6 Å². The topological polar surface area (TPSA) is 102 Å². The fourth-order valence-corrected chi connectivity index (χ4v) is 2.64. The van der Waals surface area contributed by atoms with Gasteiger partial charge in [-0.25, -0.2) is 0 Å². The average molecular weight is 374 g/mol. The molecule has 134 valence electrons. The molecule has 0 aliphatic heterocycles. The third-order valence-electron chi connectivity index (χ3n) is 3.57. The van der Waals surface area contributed by atoms with E-state index in [4.69, 9.17) is 16.7 Å². The van der Waals surface area contributed by atoms with E-state index in [1.165, 1.54) is 12.4 Å². The van der Waals surface area contributed by atoms with Crippen LogP contribution in [0.4, 0.5) is 5.82 Å². The Balaban J connectivity index is 1.70. The molecule has 0 fully saturated rings. The van der Waals surface area contributed by atoms with E-state index in [-0.39, 0.29) is 17.9 Å². The number of amides is 1. The molecule has 9 heteroatoms. The Labute approximate surface area is 154 Å². The van der Waals surface area contributed by atoms with Gasteiger partial charge in [-0.05, 0) is 12.5 Å². The van der Waals surface area contributed by atoms with Crippen molar-refractivity contribution >= 4 is 29.3 Å². The fraction of sp³-hybridized carbons (Fsp3) is 0.176. The zero-order valence-electron chi connectivity index (χ0n) is 13.9. The van der Waals surface area contributed by atoms with Crippen LogP contribution in [-0.4, -0.2) is 36.5 Å². The minimum atomic E-state index is -1.04. The van der Waals surface area contributed by atoms with Crippen LogP contribution in [0.15, 0.2) is 42.9 Å². The Hall–Kier alpha value is -3.13. The molecule has 0 saturated heterocycles. The van der Waals surface area contributed by atoms with Gasteiger partial charge < -0.3 is 10.4 Å². The number of carboxylic acid groups (broad SMARTS) is 1. The summed E-state index contributed by atoms with van der Waals surface area (Å²) >= 11 is 6.15. The minimum Gasteiger partial charge on any atom is -0.480 e. The van der Waals surface area contributed by atoms with Gasteiger partial charge in [-0.2, -0.15) is 10.2 Å². The second-order valence-corrected chi connectivity index (χ2v) is 6.19. The molecule has 0 atom stereocenters. The summed E-state index contributed by atoms with van der Waals surface area (Å²) in [7, 11) is 0. The number of anilines is 1. The van der Waals surface area contributed by atoms with Crippen molar-refractivity contribution < 1.29 is 14.7 Å². The van der Waals surface area contributed by atoms with E-state index in [0.717, 1.165) is 15.8 Å². The third kappa shape index (κ3) is 4.28. The van der Waals surface area contributed by atoms with Crippen molar-refractivity contribution in [2.75, 3.05) is 5.32 Å². The molecule has 0 bridgehead atoms. The van der Waals surface area contributed by atoms with E-state index in [2.05, 4.69) is 15.5 Å². The number of nitrogens with one attached hydrogen (secondary N) is 1. The second kappa shape index (κ2) is 7.40. The number of nitrogens with zero attached hydrogens (tertiary/aromatic N) is 4. The van der Waals surface area contributed by atoms with Crippen LogP contribution in [0.1, 0.15) is 21.5 Å². The number of hydrogen-bond donors (Lipinski definition) is 2. The number of halogens is 1. The summed E-state index contributed by atoms with van der Waals surface area (Å²) in [6.45, 7) is 2.21. The first kappa shape index (κ1) is 17.7. The zero-order valence-corrected chi connectivity index (χ0v) is 14.6. The Kier molecular flexibility index (Phi) is 5.04. The molecule has 0 saturated carbocycles. The largest absolute Gasteiger partial charge is 0.480 e. The Morgan fingerprint density at radius 1 is 1.27 bits per heavy atom. The van der Waals surface area contributed by atoms with Crippen LogP contribution in [-0.2, 0) is 17.9 Å². The number of carbonyl (C=O) groups excluding carboxylic acids is 1. The number of aryl methyl sites for hydroxylation is 1. The van der Waals surface area contributed by atoms with Crippen LogP contribution in [0.3, 0.4) is 0 Å². The van der Waals surface area contributed by atoms with Crippen LogP contribution in [0.2, 0.25) is 5.02 Å². The quantitative estimate of drug-likeness (QED) is 0.690. The van der Waals surface area contributed by atoms with E-state index in [1.807, 2.05) is 31.2 Å². The van der Waals surface area contributed by atoms with E-state index in [9.17, 15) is 9.59 Å². The number of carbonyl (C=O) groups is 2. The summed E-state index contributed by atoms with van der Waals surface area (Å²) < 4.78 is 2.80. The molecule has 0 unspecified atom stereocenters. The fourth-order valence-electron chi connectivity index (χ4n) is 2.45. The third-order valence-corrected chi connectivity index (χ3v) is 3.85. The maximum atomic E-state index is 12.3. The molecule has 2 N–H and O–H groups in total. The molecule has 0 aliphatic carbocycles. The predicted molar refractivity (Wildman–Crippen MR) is 95.3 cm³/mol. The van der Waals surface area contributed by atoms with Crippen LogP contribution in [0.25, 0.3) is 0 Å². The lowest BCUT2D eigenvalue weighted by atomic mass is 10.1. The summed E-state index contributed by atoms with van der Waals surface area (Å²) in [6.07, 6.45) is 4.27. The highest BCUT2D eigenvalue weighted by atomic mass is 35.5. The predicted octanol–water partition coefficient (Wildman–Crippen LogP) is 2.43. The van der Waals surface area contributed by atoms with Gasteiger partial charge in [-0.1, -0.05) is 41.4 Å². The standard InChI is InChI=1S/C17H16ClN5O3/c1-11-3-2-4-12(5-11)7-23-9-14(18)16(21-23)20-17(26)13-6-19-22(8-13)10-15(24)25/h2-6,8-9H,7,10H2,1H3,(H,24,25)(H,20,21,26). The van der Waals surface area contributed by atoms with Crippen molar-refractivity contribution in [2.45, 2.75) is 20.0 Å². The van der Waals surface area contributed by atoms with E-state index < -0.39 is 11.9 Å². The van der Waals surface area contributed by atoms with Gasteiger partial charge in [0.15, 0.2) is 5.82 Å². The Bertz CT molecular complexity index is 963. The van der Waals surface area contributed by atoms with E-state index in [0.29, 0.717) is 11.6 Å². The van der Waals surface area contributed by atoms with Gasteiger partial charge in [0.2, 0.25) is 0 Å². The Morgan fingerprint density at radius 3 is 2.81 bits per heavy atom. The van der Waals surface area contributed by atoms with Crippen molar-refractivity contribution in [1.29, 1.82) is 0 Å². The highest BCUT2D eigenvalue weighted by molar-refractivity contribution is 6.33. The molecule has 1 amide bonds. The van der Waals surface area contributed by atoms with Crippen molar-refractivity contribution in [2.24, 2.45) is 0 Å². The molecule has 0 aliphatic rings. The lowest BCUT2D eigenvalue weighted by molar-refractivity contribution is -0.137. The summed E-state index contributed by atoms with van der Waals surface area (Å²) in [5.41, 5.74) is 2.43. The monoisotopic (exact) mass is 373 g/mol. The first-order chi connectivity index (χ1) is 12.4. The van der Waals surface area contributed by atoms with Crippen LogP contribution in [0.5, 0.6) is 0 Å². The van der Waals surface area contributed by atoms with Crippen LogP contribution < -0.4 is 5.32 Å². The van der Waals surface area contributed by atoms with E-state index >= 15 is 0 Å². The molecule has 2 aromatic heterocycles. The van der Waals surface area contributed by atoms with Gasteiger partial charge in [0.05, 0.1) is 18.3 Å². The van der Waals surface area contributed by atoms with Gasteiger partial charge in [0.25, 0.3) is 5.91 Å². The summed E-state index contributed by atoms with van der Waals surface area (Å²) in [6, 6.07) is 8.01. The zero-order chi connectivity index (χ0) is 18.7. The number of benzene rings is 1. The summed E-state index contributed by atoms with van der Waals surface area (Å²) in [4.78, 5) is 22.9. The summed E-state index contributed by atoms with van der Waals surface area (Å²) in [5, 5.41) is 19.8. The first-order valence-corrected chi connectivity index (χ1v) is 8.12. The Morgan fingerprint density at radius 2 is 2.08 bits per heavy atom. The first-order valence-electron chi connectivity index (χ1n) is 7.75. The van der Waals surface area contributed by atoms with Crippen LogP contribution >= 0.6 is 11.6 Å². The SMILES string of the molecule is Cc1cccc(Cn2cc(Cl)c(NC(=O)c3cnn(CC(=O)O)c3)n2)c1.